The molecule has 1 saturated heterocycles. The van der Waals surface area contributed by atoms with Crippen LogP contribution in [0, 0.1) is 5.92 Å². The first kappa shape index (κ1) is 21.4. The maximum atomic E-state index is 13.9. The molecule has 2 atom stereocenters. The van der Waals surface area contributed by atoms with Crippen LogP contribution in [-0.4, -0.2) is 36.9 Å². The number of para-hydroxylation sites is 1. The monoisotopic (exact) mass is 420 g/mol. The fourth-order valence-electron chi connectivity index (χ4n) is 4.98. The highest BCUT2D eigenvalue weighted by Gasteiger charge is 2.42. The van der Waals surface area contributed by atoms with Crippen LogP contribution in [-0.2, 0) is 16.0 Å². The third-order valence-corrected chi connectivity index (χ3v) is 6.61. The summed E-state index contributed by atoms with van der Waals surface area (Å²) in [5, 5.41) is 0. The predicted molar refractivity (Wildman–Crippen MR) is 122 cm³/mol. The number of unbranched alkanes of at least 4 members (excludes halogenated alkanes) is 1. The van der Waals surface area contributed by atoms with Gasteiger partial charge in [0.25, 0.3) is 0 Å². The minimum Gasteiger partial charge on any atom is -0.497 e. The molecular formula is C26H32N2O3. The lowest BCUT2D eigenvalue weighted by Crippen LogP contribution is -2.50. The van der Waals surface area contributed by atoms with Crippen molar-refractivity contribution in [2.75, 3.05) is 25.1 Å². The molecule has 2 heterocycles. The number of aryl methyl sites for hydroxylation is 1. The summed E-state index contributed by atoms with van der Waals surface area (Å²) in [5.41, 5.74) is 3.27. The van der Waals surface area contributed by atoms with Crippen molar-refractivity contribution in [2.24, 2.45) is 5.92 Å². The van der Waals surface area contributed by atoms with Crippen molar-refractivity contribution in [1.29, 1.82) is 0 Å². The van der Waals surface area contributed by atoms with E-state index in [0.29, 0.717) is 19.4 Å². The molecule has 0 unspecified atom stereocenters. The van der Waals surface area contributed by atoms with E-state index in [1.807, 2.05) is 46.2 Å². The van der Waals surface area contributed by atoms with Crippen LogP contribution in [0.3, 0.4) is 0 Å². The molecule has 0 saturated carbocycles. The largest absolute Gasteiger partial charge is 0.497 e. The molecule has 0 radical (unpaired) electrons. The Kier molecular flexibility index (Phi) is 6.59. The van der Waals surface area contributed by atoms with Crippen LogP contribution in [0.5, 0.6) is 5.75 Å². The lowest BCUT2D eigenvalue weighted by Gasteiger charge is -2.43. The normalized spacial score (nSPS) is 21.0. The molecule has 0 aromatic heterocycles. The van der Waals surface area contributed by atoms with Crippen molar-refractivity contribution < 1.29 is 14.3 Å². The summed E-state index contributed by atoms with van der Waals surface area (Å²) in [6.07, 6.45) is 4.95. The summed E-state index contributed by atoms with van der Waals surface area (Å²) in [6, 6.07) is 15.8. The minimum atomic E-state index is -0.242. The van der Waals surface area contributed by atoms with Crippen LogP contribution in [0.15, 0.2) is 48.5 Å². The lowest BCUT2D eigenvalue weighted by atomic mass is 9.82. The van der Waals surface area contributed by atoms with E-state index in [1.165, 1.54) is 5.56 Å². The summed E-state index contributed by atoms with van der Waals surface area (Å²) in [4.78, 5) is 30.8. The third-order valence-electron chi connectivity index (χ3n) is 6.61. The maximum absolute atomic E-state index is 13.9. The summed E-state index contributed by atoms with van der Waals surface area (Å²) < 4.78 is 5.32. The van der Waals surface area contributed by atoms with Crippen LogP contribution < -0.4 is 9.64 Å². The van der Waals surface area contributed by atoms with Crippen LogP contribution in [0.1, 0.15) is 56.2 Å². The fraction of sp³-hybridized carbons (Fsp3) is 0.462. The first-order valence-corrected chi connectivity index (χ1v) is 11.5. The Hall–Kier alpha value is -2.82. The molecule has 164 valence electrons. The highest BCUT2D eigenvalue weighted by molar-refractivity contribution is 5.97. The van der Waals surface area contributed by atoms with E-state index in [0.717, 1.165) is 49.2 Å². The summed E-state index contributed by atoms with van der Waals surface area (Å²) in [7, 11) is 1.65. The van der Waals surface area contributed by atoms with Gasteiger partial charge in [0.2, 0.25) is 11.8 Å². The maximum Gasteiger partial charge on any atom is 0.232 e. The lowest BCUT2D eigenvalue weighted by molar-refractivity contribution is -0.142. The van der Waals surface area contributed by atoms with E-state index in [2.05, 4.69) is 19.1 Å². The Balaban J connectivity index is 1.70. The van der Waals surface area contributed by atoms with Gasteiger partial charge in [-0.25, -0.2) is 0 Å². The number of benzene rings is 2. The number of hydrogen-bond acceptors (Lipinski definition) is 3. The van der Waals surface area contributed by atoms with Crippen molar-refractivity contribution >= 4 is 17.5 Å². The molecule has 0 spiro atoms. The predicted octanol–water partition coefficient (Wildman–Crippen LogP) is 4.75. The molecule has 5 nitrogen and oxygen atoms in total. The zero-order valence-electron chi connectivity index (χ0n) is 18.5. The molecule has 2 aliphatic rings. The molecule has 0 N–H and O–H groups in total. The van der Waals surface area contributed by atoms with E-state index < -0.39 is 0 Å². The second kappa shape index (κ2) is 9.54. The Labute approximate surface area is 185 Å². The number of likely N-dealkylation sites (tertiary alicyclic amines) is 1. The second-order valence-electron chi connectivity index (χ2n) is 8.53. The molecule has 2 amide bonds. The average molecular weight is 421 g/mol. The highest BCUT2D eigenvalue weighted by Crippen LogP contribution is 2.40. The van der Waals surface area contributed by atoms with Crippen LogP contribution in [0.4, 0.5) is 5.69 Å². The quantitative estimate of drug-likeness (QED) is 0.677. The number of carbonyl (C=O) groups excluding carboxylic acids is 2. The first-order valence-electron chi connectivity index (χ1n) is 11.5. The number of rotatable bonds is 6. The van der Waals surface area contributed by atoms with Gasteiger partial charge in [0.1, 0.15) is 5.75 Å². The molecule has 0 bridgehead atoms. The van der Waals surface area contributed by atoms with Crippen molar-refractivity contribution in [1.82, 2.24) is 4.90 Å². The van der Waals surface area contributed by atoms with E-state index in [4.69, 9.17) is 4.74 Å². The number of carbonyl (C=O) groups is 2. The molecule has 5 heteroatoms. The molecule has 0 aliphatic carbocycles. The zero-order valence-corrected chi connectivity index (χ0v) is 18.5. The van der Waals surface area contributed by atoms with E-state index >= 15 is 0 Å². The second-order valence-corrected chi connectivity index (χ2v) is 8.53. The van der Waals surface area contributed by atoms with Gasteiger partial charge >= 0.3 is 0 Å². The first-order chi connectivity index (χ1) is 15.1. The van der Waals surface area contributed by atoms with Gasteiger partial charge < -0.3 is 14.5 Å². The van der Waals surface area contributed by atoms with E-state index in [-0.39, 0.29) is 23.8 Å². The topological polar surface area (TPSA) is 49.9 Å². The Morgan fingerprint density at radius 2 is 1.87 bits per heavy atom. The number of methoxy groups -OCH3 is 1. The van der Waals surface area contributed by atoms with Gasteiger partial charge in [0.05, 0.1) is 19.1 Å². The number of fused-ring (bicyclic) bond motifs is 1. The number of nitrogens with zero attached hydrogens (tertiary/aromatic N) is 2. The fourth-order valence-corrected chi connectivity index (χ4v) is 4.98. The van der Waals surface area contributed by atoms with Crippen molar-refractivity contribution in [3.63, 3.8) is 0 Å². The van der Waals surface area contributed by atoms with Gasteiger partial charge in [-0.2, -0.15) is 0 Å². The molecule has 1 fully saturated rings. The zero-order chi connectivity index (χ0) is 21.8. The Morgan fingerprint density at radius 3 is 2.61 bits per heavy atom. The molecule has 31 heavy (non-hydrogen) atoms. The molecular weight excluding hydrogens is 388 g/mol. The van der Waals surface area contributed by atoms with Gasteiger partial charge in [-0.15, -0.1) is 0 Å². The molecule has 2 aliphatic heterocycles. The molecule has 2 aromatic carbocycles. The van der Waals surface area contributed by atoms with Crippen molar-refractivity contribution in [3.05, 3.63) is 59.7 Å². The van der Waals surface area contributed by atoms with Gasteiger partial charge in [0, 0.05) is 25.2 Å². The van der Waals surface area contributed by atoms with Crippen LogP contribution in [0.25, 0.3) is 0 Å². The van der Waals surface area contributed by atoms with Gasteiger partial charge in [-0.05, 0) is 55.0 Å². The smallest absolute Gasteiger partial charge is 0.232 e. The SMILES string of the molecule is CCCCN1C(=O)CC[C@@H](C(=O)N2CCCc3ccccc32)[C@H]1c1ccc(OC)cc1. The van der Waals surface area contributed by atoms with Crippen LogP contribution >= 0.6 is 0 Å². The van der Waals surface area contributed by atoms with Gasteiger partial charge in [0.15, 0.2) is 0 Å². The Bertz CT molecular complexity index is 925. The summed E-state index contributed by atoms with van der Waals surface area (Å²) in [6.45, 7) is 3.56. The van der Waals surface area contributed by atoms with Gasteiger partial charge in [-0.3, -0.25) is 9.59 Å². The standard InChI is InChI=1S/C26H32N2O3/c1-3-4-17-28-24(29)16-15-22(25(28)20-11-13-21(31-2)14-12-20)26(30)27-18-7-9-19-8-5-6-10-23(19)27/h5-6,8,10-14,22,25H,3-4,7,9,15-18H2,1-2H3/t22-,25-/m1/s1. The number of hydrogen-bond donors (Lipinski definition) is 0. The summed E-state index contributed by atoms with van der Waals surface area (Å²) >= 11 is 0. The van der Waals surface area contributed by atoms with E-state index in [1.54, 1.807) is 7.11 Å². The average Bonchev–Trinajstić information content (AvgIpc) is 2.82. The Morgan fingerprint density at radius 1 is 1.10 bits per heavy atom. The third kappa shape index (κ3) is 4.32. The van der Waals surface area contributed by atoms with Crippen LogP contribution in [0.2, 0.25) is 0 Å². The number of ether oxygens (including phenoxy) is 1. The highest BCUT2D eigenvalue weighted by atomic mass is 16.5. The molecule has 4 rings (SSSR count). The number of anilines is 1. The van der Waals surface area contributed by atoms with Crippen molar-refractivity contribution in [2.45, 2.75) is 51.5 Å². The van der Waals surface area contributed by atoms with Gasteiger partial charge in [-0.1, -0.05) is 43.7 Å². The van der Waals surface area contributed by atoms with E-state index in [9.17, 15) is 9.59 Å². The number of amides is 2. The van der Waals surface area contributed by atoms with Crippen molar-refractivity contribution in [3.8, 4) is 5.75 Å². The minimum absolute atomic E-state index is 0.141. The summed E-state index contributed by atoms with van der Waals surface area (Å²) in [5.74, 6) is 0.826. The molecule has 2 aromatic rings. The number of piperidine rings is 1.